The number of fused-ring (bicyclic) bond motifs is 1. The second-order valence-corrected chi connectivity index (χ2v) is 8.17. The van der Waals surface area contributed by atoms with Gasteiger partial charge >= 0.3 is 0 Å². The standard InChI is InChI=1S/C23H24N4O4/c1-15(2)14-27-21(29)17-7-6-16(13-18(17)22(27)30)20(28)25-9-11-26(12-10-25)23(31)19-5-3-4-8-24-19/h3-8,13,15H,9-12,14H2,1-2H3. The molecule has 31 heavy (non-hydrogen) atoms. The molecule has 1 saturated heterocycles. The minimum absolute atomic E-state index is 0.153. The lowest BCUT2D eigenvalue weighted by Gasteiger charge is -2.34. The van der Waals surface area contributed by atoms with Crippen LogP contribution in [0.25, 0.3) is 0 Å². The third-order valence-corrected chi connectivity index (χ3v) is 5.50. The highest BCUT2D eigenvalue weighted by Crippen LogP contribution is 2.25. The van der Waals surface area contributed by atoms with Crippen molar-refractivity contribution in [3.05, 3.63) is 65.0 Å². The van der Waals surface area contributed by atoms with Crippen LogP contribution in [0.1, 0.15) is 55.4 Å². The summed E-state index contributed by atoms with van der Waals surface area (Å²) in [6.45, 7) is 5.83. The van der Waals surface area contributed by atoms with E-state index in [9.17, 15) is 19.2 Å². The van der Waals surface area contributed by atoms with Crippen LogP contribution >= 0.6 is 0 Å². The molecule has 2 aliphatic rings. The molecule has 0 atom stereocenters. The van der Waals surface area contributed by atoms with E-state index in [4.69, 9.17) is 0 Å². The third-order valence-electron chi connectivity index (χ3n) is 5.50. The molecule has 1 aromatic heterocycles. The molecule has 0 radical (unpaired) electrons. The van der Waals surface area contributed by atoms with Crippen LogP contribution < -0.4 is 0 Å². The van der Waals surface area contributed by atoms with Crippen molar-refractivity contribution in [2.75, 3.05) is 32.7 Å². The highest BCUT2D eigenvalue weighted by Gasteiger charge is 2.36. The van der Waals surface area contributed by atoms with E-state index in [0.29, 0.717) is 49.5 Å². The molecular formula is C23H24N4O4. The first-order valence-corrected chi connectivity index (χ1v) is 10.4. The van der Waals surface area contributed by atoms with Gasteiger partial charge in [0.2, 0.25) is 0 Å². The Morgan fingerprint density at radius 3 is 2.16 bits per heavy atom. The van der Waals surface area contributed by atoms with Gasteiger partial charge in [0, 0.05) is 44.5 Å². The molecule has 2 aromatic rings. The molecule has 3 heterocycles. The van der Waals surface area contributed by atoms with Gasteiger partial charge in [0.1, 0.15) is 5.69 Å². The average Bonchev–Trinajstić information content (AvgIpc) is 3.02. The summed E-state index contributed by atoms with van der Waals surface area (Å²) >= 11 is 0. The van der Waals surface area contributed by atoms with Gasteiger partial charge in [-0.25, -0.2) is 0 Å². The summed E-state index contributed by atoms with van der Waals surface area (Å²) in [5.74, 6) is -0.869. The van der Waals surface area contributed by atoms with Crippen LogP contribution in [0.3, 0.4) is 0 Å². The highest BCUT2D eigenvalue weighted by atomic mass is 16.2. The van der Waals surface area contributed by atoms with E-state index in [1.54, 1.807) is 46.3 Å². The maximum absolute atomic E-state index is 13.0. The third kappa shape index (κ3) is 3.93. The number of carbonyl (C=O) groups is 4. The van der Waals surface area contributed by atoms with Crippen molar-refractivity contribution in [3.8, 4) is 0 Å². The van der Waals surface area contributed by atoms with Crippen molar-refractivity contribution in [1.29, 1.82) is 0 Å². The molecule has 8 nitrogen and oxygen atoms in total. The molecule has 4 amide bonds. The molecule has 160 valence electrons. The fraction of sp³-hybridized carbons (Fsp3) is 0.348. The molecule has 1 fully saturated rings. The number of carbonyl (C=O) groups excluding carboxylic acids is 4. The Hall–Kier alpha value is -3.55. The van der Waals surface area contributed by atoms with Crippen LogP contribution in [-0.4, -0.2) is 76.0 Å². The number of imide groups is 1. The van der Waals surface area contributed by atoms with Crippen LogP contribution in [-0.2, 0) is 0 Å². The highest BCUT2D eigenvalue weighted by molar-refractivity contribution is 6.22. The predicted octanol–water partition coefficient (Wildman–Crippen LogP) is 1.93. The number of hydrogen-bond donors (Lipinski definition) is 0. The summed E-state index contributed by atoms with van der Waals surface area (Å²) in [5.41, 5.74) is 1.37. The SMILES string of the molecule is CC(C)CN1C(=O)c2ccc(C(=O)N3CCN(C(=O)c4ccccn4)CC3)cc2C1=O. The molecule has 0 unspecified atom stereocenters. The first kappa shape index (κ1) is 20.7. The number of nitrogens with zero attached hydrogens (tertiary/aromatic N) is 4. The normalized spacial score (nSPS) is 16.2. The Kier molecular flexibility index (Phi) is 5.54. The number of amides is 4. The van der Waals surface area contributed by atoms with E-state index < -0.39 is 0 Å². The van der Waals surface area contributed by atoms with Crippen LogP contribution in [0.2, 0.25) is 0 Å². The monoisotopic (exact) mass is 420 g/mol. The lowest BCUT2D eigenvalue weighted by atomic mass is 10.0. The van der Waals surface area contributed by atoms with Gasteiger partial charge in [0.05, 0.1) is 11.1 Å². The Balaban J connectivity index is 1.44. The van der Waals surface area contributed by atoms with E-state index in [1.807, 2.05) is 13.8 Å². The van der Waals surface area contributed by atoms with Gasteiger partial charge in [-0.1, -0.05) is 19.9 Å². The Morgan fingerprint density at radius 1 is 0.903 bits per heavy atom. The molecule has 0 N–H and O–H groups in total. The fourth-order valence-electron chi connectivity index (χ4n) is 3.90. The van der Waals surface area contributed by atoms with E-state index in [0.717, 1.165) is 0 Å². The summed E-state index contributed by atoms with van der Waals surface area (Å²) in [7, 11) is 0. The Morgan fingerprint density at radius 2 is 1.55 bits per heavy atom. The second-order valence-electron chi connectivity index (χ2n) is 8.17. The minimum atomic E-state index is -0.353. The van der Waals surface area contributed by atoms with E-state index in [2.05, 4.69) is 4.98 Å². The minimum Gasteiger partial charge on any atom is -0.335 e. The van der Waals surface area contributed by atoms with Gasteiger partial charge in [-0.2, -0.15) is 0 Å². The first-order valence-electron chi connectivity index (χ1n) is 10.4. The Labute approximate surface area is 180 Å². The Bertz CT molecular complexity index is 1040. The second kappa shape index (κ2) is 8.29. The number of aromatic nitrogens is 1. The van der Waals surface area contributed by atoms with E-state index in [1.165, 1.54) is 11.0 Å². The van der Waals surface area contributed by atoms with E-state index >= 15 is 0 Å². The van der Waals surface area contributed by atoms with Crippen molar-refractivity contribution in [2.45, 2.75) is 13.8 Å². The van der Waals surface area contributed by atoms with Gasteiger partial charge in [-0.15, -0.1) is 0 Å². The molecular weight excluding hydrogens is 396 g/mol. The van der Waals surface area contributed by atoms with Gasteiger partial charge < -0.3 is 9.80 Å². The predicted molar refractivity (Wildman–Crippen MR) is 113 cm³/mol. The van der Waals surface area contributed by atoms with Crippen LogP contribution in [0.5, 0.6) is 0 Å². The number of pyridine rings is 1. The van der Waals surface area contributed by atoms with Gasteiger partial charge in [0.25, 0.3) is 23.6 Å². The van der Waals surface area contributed by atoms with Gasteiger partial charge in [0.15, 0.2) is 0 Å². The molecule has 0 bridgehead atoms. The van der Waals surface area contributed by atoms with Gasteiger partial charge in [-0.05, 0) is 36.2 Å². The topological polar surface area (TPSA) is 90.9 Å². The summed E-state index contributed by atoms with van der Waals surface area (Å²) in [4.78, 5) is 59.4. The van der Waals surface area contributed by atoms with E-state index in [-0.39, 0.29) is 35.1 Å². The summed E-state index contributed by atoms with van der Waals surface area (Å²) < 4.78 is 0. The molecule has 0 aliphatic carbocycles. The van der Waals surface area contributed by atoms with Crippen molar-refractivity contribution < 1.29 is 19.2 Å². The summed E-state index contributed by atoms with van der Waals surface area (Å²) in [6.07, 6.45) is 1.58. The zero-order chi connectivity index (χ0) is 22.1. The van der Waals surface area contributed by atoms with Crippen molar-refractivity contribution >= 4 is 23.6 Å². The smallest absolute Gasteiger partial charge is 0.272 e. The molecule has 1 aromatic carbocycles. The molecule has 4 rings (SSSR count). The maximum Gasteiger partial charge on any atom is 0.272 e. The number of hydrogen-bond acceptors (Lipinski definition) is 5. The van der Waals surface area contributed by atoms with Gasteiger partial charge in [-0.3, -0.25) is 29.1 Å². The molecule has 8 heteroatoms. The number of benzene rings is 1. The molecule has 0 spiro atoms. The quantitative estimate of drug-likeness (QED) is 0.705. The lowest BCUT2D eigenvalue weighted by Crippen LogP contribution is -2.50. The van der Waals surface area contributed by atoms with Crippen molar-refractivity contribution in [3.63, 3.8) is 0 Å². The van der Waals surface area contributed by atoms with Crippen molar-refractivity contribution in [2.24, 2.45) is 5.92 Å². The van der Waals surface area contributed by atoms with Crippen LogP contribution in [0, 0.1) is 5.92 Å². The van der Waals surface area contributed by atoms with Crippen LogP contribution in [0.4, 0.5) is 0 Å². The summed E-state index contributed by atoms with van der Waals surface area (Å²) in [5, 5.41) is 0. The number of rotatable bonds is 4. The fourth-order valence-corrected chi connectivity index (χ4v) is 3.90. The summed E-state index contributed by atoms with van der Waals surface area (Å²) in [6, 6.07) is 9.86. The molecule has 0 saturated carbocycles. The zero-order valence-electron chi connectivity index (χ0n) is 17.6. The maximum atomic E-state index is 13.0. The van der Waals surface area contributed by atoms with Crippen LogP contribution in [0.15, 0.2) is 42.6 Å². The number of piperazine rings is 1. The zero-order valence-corrected chi connectivity index (χ0v) is 17.6. The first-order chi connectivity index (χ1) is 14.9. The molecule has 2 aliphatic heterocycles. The van der Waals surface area contributed by atoms with Crippen molar-refractivity contribution in [1.82, 2.24) is 19.7 Å². The largest absolute Gasteiger partial charge is 0.335 e. The average molecular weight is 420 g/mol. The lowest BCUT2D eigenvalue weighted by molar-refractivity contribution is 0.0532.